The Labute approximate surface area is 72.1 Å². The van der Waals surface area contributed by atoms with Crippen LogP contribution in [0.3, 0.4) is 0 Å². The number of nitrogens with two attached hydrogens (primary N) is 1. The van der Waals surface area contributed by atoms with Gasteiger partial charge in [-0.05, 0) is 0 Å². The van der Waals surface area contributed by atoms with Crippen LogP contribution >= 0.6 is 0 Å². The van der Waals surface area contributed by atoms with Gasteiger partial charge in [0.05, 0.1) is 6.21 Å². The number of rotatable bonds is 1. The largest absolute Gasteiger partial charge is 0.411 e. The quantitative estimate of drug-likeness (QED) is 0.279. The highest BCUT2D eigenvalue weighted by atomic mass is 16.4. The monoisotopic (exact) mass is 184 g/mol. The van der Waals surface area contributed by atoms with Gasteiger partial charge in [0, 0.05) is 7.05 Å². The summed E-state index contributed by atoms with van der Waals surface area (Å²) < 4.78 is 1.04. The minimum absolute atomic E-state index is 0.0495. The van der Waals surface area contributed by atoms with Crippen molar-refractivity contribution in [3.05, 3.63) is 26.4 Å². The van der Waals surface area contributed by atoms with Gasteiger partial charge in [0.1, 0.15) is 11.4 Å². The molecule has 1 rings (SSSR count). The van der Waals surface area contributed by atoms with Crippen molar-refractivity contribution in [1.82, 2.24) is 9.55 Å². The molecule has 0 saturated carbocycles. The molecule has 13 heavy (non-hydrogen) atoms. The van der Waals surface area contributed by atoms with Crippen LogP contribution in [0.15, 0.2) is 14.7 Å². The van der Waals surface area contributed by atoms with Crippen LogP contribution in [-0.2, 0) is 7.05 Å². The average molecular weight is 184 g/mol. The highest BCUT2D eigenvalue weighted by molar-refractivity contribution is 5.84. The fourth-order valence-electron chi connectivity index (χ4n) is 0.837. The van der Waals surface area contributed by atoms with Gasteiger partial charge in [0.2, 0.25) is 0 Å². The van der Waals surface area contributed by atoms with E-state index in [1.807, 2.05) is 4.98 Å². The summed E-state index contributed by atoms with van der Waals surface area (Å²) in [6.45, 7) is 0. The van der Waals surface area contributed by atoms with Crippen molar-refractivity contribution in [2.45, 2.75) is 0 Å². The average Bonchev–Trinajstić information content (AvgIpc) is 2.09. The number of nitrogen functional groups attached to an aromatic ring is 1. The van der Waals surface area contributed by atoms with Gasteiger partial charge in [-0.15, -0.1) is 0 Å². The lowest BCUT2D eigenvalue weighted by molar-refractivity contribution is 0.322. The van der Waals surface area contributed by atoms with Gasteiger partial charge in [-0.3, -0.25) is 14.3 Å². The summed E-state index contributed by atoms with van der Waals surface area (Å²) in [6.07, 6.45) is 0.869. The molecular formula is C6H8N4O3. The molecule has 0 aliphatic rings. The van der Waals surface area contributed by atoms with E-state index in [0.717, 1.165) is 10.8 Å². The second kappa shape index (κ2) is 3.13. The fourth-order valence-corrected chi connectivity index (χ4v) is 0.837. The standard InChI is InChI=1S/C6H8N4O3/c1-10-4(7)3(2-8-13)5(11)9-6(10)12/h2,13H,7H2,1H3,(H,9,11,12)/b8-2+. The molecular weight excluding hydrogens is 176 g/mol. The number of hydrogen-bond acceptors (Lipinski definition) is 5. The molecule has 0 aliphatic carbocycles. The Hall–Kier alpha value is -2.05. The molecule has 1 aromatic heterocycles. The third-order valence-electron chi connectivity index (χ3n) is 1.59. The predicted molar refractivity (Wildman–Crippen MR) is 46.1 cm³/mol. The number of H-pyrrole nitrogens is 1. The lowest BCUT2D eigenvalue weighted by Gasteiger charge is -2.03. The second-order valence-corrected chi connectivity index (χ2v) is 2.36. The number of hydrogen-bond donors (Lipinski definition) is 3. The number of nitrogens with zero attached hydrogens (tertiary/aromatic N) is 2. The van der Waals surface area contributed by atoms with Crippen molar-refractivity contribution in [1.29, 1.82) is 0 Å². The van der Waals surface area contributed by atoms with E-state index >= 15 is 0 Å². The Kier molecular flexibility index (Phi) is 2.18. The van der Waals surface area contributed by atoms with Crippen molar-refractivity contribution in [3.63, 3.8) is 0 Å². The highest BCUT2D eigenvalue weighted by Crippen LogP contribution is 1.97. The molecule has 1 heterocycles. The van der Waals surface area contributed by atoms with E-state index in [2.05, 4.69) is 5.16 Å². The summed E-state index contributed by atoms with van der Waals surface area (Å²) in [5.74, 6) is -0.0495. The van der Waals surface area contributed by atoms with Crippen LogP contribution in [0.2, 0.25) is 0 Å². The first-order valence-electron chi connectivity index (χ1n) is 3.34. The maximum Gasteiger partial charge on any atom is 0.329 e. The molecule has 0 unspecified atom stereocenters. The zero-order chi connectivity index (χ0) is 10.0. The maximum absolute atomic E-state index is 11.1. The fraction of sp³-hybridized carbons (Fsp3) is 0.167. The number of nitrogens with one attached hydrogen (secondary N) is 1. The van der Waals surface area contributed by atoms with Crippen LogP contribution in [0, 0.1) is 0 Å². The van der Waals surface area contributed by atoms with E-state index in [9.17, 15) is 9.59 Å². The molecule has 0 amide bonds. The topological polar surface area (TPSA) is 113 Å². The van der Waals surface area contributed by atoms with Gasteiger partial charge in [-0.25, -0.2) is 4.79 Å². The normalized spacial score (nSPS) is 10.8. The SMILES string of the molecule is Cn1c(N)c(/C=N/O)c(=O)[nH]c1=O. The van der Waals surface area contributed by atoms with Gasteiger partial charge in [0.15, 0.2) is 0 Å². The summed E-state index contributed by atoms with van der Waals surface area (Å²) in [5.41, 5.74) is 4.06. The lowest BCUT2D eigenvalue weighted by Crippen LogP contribution is -2.33. The molecule has 0 aromatic carbocycles. The molecule has 0 bridgehead atoms. The van der Waals surface area contributed by atoms with Gasteiger partial charge in [-0.1, -0.05) is 5.16 Å². The minimum Gasteiger partial charge on any atom is -0.411 e. The Morgan fingerprint density at radius 3 is 2.77 bits per heavy atom. The lowest BCUT2D eigenvalue weighted by atomic mass is 10.3. The van der Waals surface area contributed by atoms with E-state index in [1.54, 1.807) is 0 Å². The van der Waals surface area contributed by atoms with E-state index in [-0.39, 0.29) is 11.4 Å². The zero-order valence-electron chi connectivity index (χ0n) is 6.81. The third kappa shape index (κ3) is 1.43. The molecule has 0 fully saturated rings. The number of aromatic nitrogens is 2. The van der Waals surface area contributed by atoms with Crippen molar-refractivity contribution < 1.29 is 5.21 Å². The van der Waals surface area contributed by atoms with Gasteiger partial charge in [0.25, 0.3) is 5.56 Å². The second-order valence-electron chi connectivity index (χ2n) is 2.36. The predicted octanol–water partition coefficient (Wildman–Crippen LogP) is -1.54. The summed E-state index contributed by atoms with van der Waals surface area (Å²) in [7, 11) is 1.39. The smallest absolute Gasteiger partial charge is 0.329 e. The molecule has 0 spiro atoms. The van der Waals surface area contributed by atoms with E-state index in [0.29, 0.717) is 0 Å². The molecule has 70 valence electrons. The van der Waals surface area contributed by atoms with Crippen molar-refractivity contribution in [2.24, 2.45) is 12.2 Å². The first kappa shape index (κ1) is 9.04. The van der Waals surface area contributed by atoms with E-state index in [4.69, 9.17) is 10.9 Å². The van der Waals surface area contributed by atoms with Crippen molar-refractivity contribution in [3.8, 4) is 0 Å². The van der Waals surface area contributed by atoms with Gasteiger partial charge >= 0.3 is 5.69 Å². The van der Waals surface area contributed by atoms with Crippen LogP contribution in [0.4, 0.5) is 5.82 Å². The van der Waals surface area contributed by atoms with Crippen LogP contribution in [0.5, 0.6) is 0 Å². The molecule has 1 aromatic rings. The Morgan fingerprint density at radius 1 is 1.62 bits per heavy atom. The molecule has 0 saturated heterocycles. The third-order valence-corrected chi connectivity index (χ3v) is 1.59. The summed E-state index contributed by atoms with van der Waals surface area (Å²) >= 11 is 0. The molecule has 7 heteroatoms. The Bertz CT molecular complexity index is 456. The van der Waals surface area contributed by atoms with E-state index in [1.165, 1.54) is 7.05 Å². The molecule has 4 N–H and O–H groups in total. The number of oxime groups is 1. The Balaban J connectivity index is 3.63. The molecule has 0 atom stereocenters. The number of aromatic amines is 1. The van der Waals surface area contributed by atoms with E-state index < -0.39 is 11.2 Å². The Morgan fingerprint density at radius 2 is 2.23 bits per heavy atom. The van der Waals surface area contributed by atoms with Gasteiger partial charge in [-0.2, -0.15) is 0 Å². The summed E-state index contributed by atoms with van der Waals surface area (Å²) in [6, 6.07) is 0. The van der Waals surface area contributed by atoms with Crippen molar-refractivity contribution in [2.75, 3.05) is 5.73 Å². The minimum atomic E-state index is -0.682. The van der Waals surface area contributed by atoms with Crippen molar-refractivity contribution >= 4 is 12.0 Å². The molecule has 0 radical (unpaired) electrons. The highest BCUT2D eigenvalue weighted by Gasteiger charge is 2.06. The summed E-state index contributed by atoms with van der Waals surface area (Å²) in [4.78, 5) is 24.0. The first-order chi connectivity index (χ1) is 6.07. The zero-order valence-corrected chi connectivity index (χ0v) is 6.81. The number of anilines is 1. The van der Waals surface area contributed by atoms with Crippen LogP contribution in [-0.4, -0.2) is 21.0 Å². The van der Waals surface area contributed by atoms with Crippen LogP contribution in [0.1, 0.15) is 5.56 Å². The molecule has 0 aliphatic heterocycles. The summed E-state index contributed by atoms with van der Waals surface area (Å²) in [5, 5.41) is 10.9. The molecule has 7 nitrogen and oxygen atoms in total. The maximum atomic E-state index is 11.1. The van der Waals surface area contributed by atoms with Gasteiger partial charge < -0.3 is 10.9 Å². The van der Waals surface area contributed by atoms with Crippen LogP contribution < -0.4 is 17.0 Å². The first-order valence-corrected chi connectivity index (χ1v) is 3.34. The van der Waals surface area contributed by atoms with Crippen LogP contribution in [0.25, 0.3) is 0 Å².